The number of rotatable bonds is 5. The van der Waals surface area contributed by atoms with Gasteiger partial charge in [0.1, 0.15) is 5.69 Å². The van der Waals surface area contributed by atoms with Gasteiger partial charge in [0.15, 0.2) is 0 Å². The van der Waals surface area contributed by atoms with Crippen LogP contribution in [0.5, 0.6) is 0 Å². The summed E-state index contributed by atoms with van der Waals surface area (Å²) < 4.78 is 32.8. The number of aryl methyl sites for hydroxylation is 2. The van der Waals surface area contributed by atoms with Crippen LogP contribution < -0.4 is 0 Å². The van der Waals surface area contributed by atoms with Crippen molar-refractivity contribution >= 4 is 32.7 Å². The number of fused-ring (bicyclic) bond motifs is 1. The number of ether oxygens (including phenoxy) is 1. The highest BCUT2D eigenvalue weighted by molar-refractivity contribution is 7.90. The summed E-state index contributed by atoms with van der Waals surface area (Å²) in [7, 11) is -4.11. The molecular formula is C21H21NO5S. The van der Waals surface area contributed by atoms with Crippen LogP contribution in [0.1, 0.15) is 35.5 Å². The van der Waals surface area contributed by atoms with Crippen LogP contribution in [0.15, 0.2) is 53.4 Å². The maximum atomic E-state index is 13.4. The lowest BCUT2D eigenvalue weighted by Crippen LogP contribution is -2.27. The molecule has 3 aromatic rings. The molecule has 6 nitrogen and oxygen atoms in total. The number of carbonyl (C=O) groups excluding carboxylic acids is 2. The summed E-state index contributed by atoms with van der Waals surface area (Å²) in [5.41, 5.74) is 1.45. The number of esters is 1. The van der Waals surface area contributed by atoms with E-state index in [2.05, 4.69) is 0 Å². The van der Waals surface area contributed by atoms with E-state index in [-0.39, 0.29) is 10.6 Å². The van der Waals surface area contributed by atoms with Crippen molar-refractivity contribution < 1.29 is 22.7 Å². The molecule has 0 aliphatic rings. The fourth-order valence-electron chi connectivity index (χ4n) is 3.06. The molecule has 146 valence electrons. The SMILES string of the molecule is Cc1ccc(S(=O)(=O)n2c(C(=O)C(=O)OC(C)C)c(C)c3ccccc32)cc1. The smallest absolute Gasteiger partial charge is 0.381 e. The van der Waals surface area contributed by atoms with Gasteiger partial charge in [-0.25, -0.2) is 17.2 Å². The van der Waals surface area contributed by atoms with E-state index in [1.54, 1.807) is 57.2 Å². The van der Waals surface area contributed by atoms with Gasteiger partial charge in [0.2, 0.25) is 0 Å². The standard InChI is InChI=1S/C21H21NO5S/c1-13(2)27-21(24)20(23)19-15(4)17-7-5-6-8-18(17)22(19)28(25,26)16-11-9-14(3)10-12-16/h5-13H,1-4H3. The zero-order valence-corrected chi connectivity index (χ0v) is 16.9. The lowest BCUT2D eigenvalue weighted by atomic mass is 10.1. The zero-order chi connectivity index (χ0) is 20.6. The molecule has 0 bridgehead atoms. The molecule has 0 unspecified atom stereocenters. The summed E-state index contributed by atoms with van der Waals surface area (Å²) in [5, 5.41) is 0.582. The average molecular weight is 399 g/mol. The molecule has 28 heavy (non-hydrogen) atoms. The second kappa shape index (κ2) is 7.24. The van der Waals surface area contributed by atoms with E-state index in [1.807, 2.05) is 6.92 Å². The summed E-state index contributed by atoms with van der Waals surface area (Å²) in [4.78, 5) is 25.2. The predicted octanol–water partition coefficient (Wildman–Crippen LogP) is 3.63. The van der Waals surface area contributed by atoms with Crippen LogP contribution in [-0.2, 0) is 19.6 Å². The van der Waals surface area contributed by atoms with Crippen molar-refractivity contribution in [3.63, 3.8) is 0 Å². The fraction of sp³-hybridized carbons (Fsp3) is 0.238. The monoisotopic (exact) mass is 399 g/mol. The minimum Gasteiger partial charge on any atom is -0.457 e. The molecular weight excluding hydrogens is 378 g/mol. The van der Waals surface area contributed by atoms with Crippen molar-refractivity contribution in [1.29, 1.82) is 0 Å². The summed E-state index contributed by atoms with van der Waals surface area (Å²) in [5.74, 6) is -2.07. The summed E-state index contributed by atoms with van der Waals surface area (Å²) in [6.45, 7) is 6.72. The van der Waals surface area contributed by atoms with E-state index in [9.17, 15) is 18.0 Å². The van der Waals surface area contributed by atoms with Gasteiger partial charge in [-0.1, -0.05) is 35.9 Å². The number of aromatic nitrogens is 1. The Kier molecular flexibility index (Phi) is 5.12. The summed E-state index contributed by atoms with van der Waals surface area (Å²) >= 11 is 0. The van der Waals surface area contributed by atoms with E-state index in [1.165, 1.54) is 12.1 Å². The minimum absolute atomic E-state index is 0.0325. The molecule has 0 spiro atoms. The van der Waals surface area contributed by atoms with Gasteiger partial charge in [0, 0.05) is 5.39 Å². The number of hydrogen-bond acceptors (Lipinski definition) is 5. The first-order valence-corrected chi connectivity index (χ1v) is 10.3. The first-order valence-electron chi connectivity index (χ1n) is 8.82. The van der Waals surface area contributed by atoms with E-state index >= 15 is 0 Å². The molecule has 0 amide bonds. The third kappa shape index (κ3) is 3.33. The average Bonchev–Trinajstić information content (AvgIpc) is 2.94. The van der Waals surface area contributed by atoms with Crippen LogP contribution >= 0.6 is 0 Å². The number of benzene rings is 2. The van der Waals surface area contributed by atoms with Gasteiger partial charge < -0.3 is 4.74 Å². The predicted molar refractivity (Wildman–Crippen MR) is 106 cm³/mol. The van der Waals surface area contributed by atoms with Gasteiger partial charge in [0.25, 0.3) is 15.8 Å². The second-order valence-corrected chi connectivity index (χ2v) is 8.64. The molecule has 0 N–H and O–H groups in total. The molecule has 2 aromatic carbocycles. The Labute approximate surface area is 163 Å². The Hall–Kier alpha value is -2.93. The van der Waals surface area contributed by atoms with Crippen molar-refractivity contribution in [3.8, 4) is 0 Å². The summed E-state index contributed by atoms with van der Waals surface area (Å²) in [6.07, 6.45) is -0.497. The quantitative estimate of drug-likeness (QED) is 0.372. The molecule has 0 atom stereocenters. The molecule has 0 saturated heterocycles. The number of Topliss-reactive ketones (excluding diaryl/α,β-unsaturated/α-hetero) is 1. The van der Waals surface area contributed by atoms with Gasteiger partial charge in [0.05, 0.1) is 16.5 Å². The van der Waals surface area contributed by atoms with Gasteiger partial charge >= 0.3 is 5.97 Å². The Balaban J connectivity index is 2.31. The Morgan fingerprint density at radius 3 is 2.18 bits per heavy atom. The normalized spacial score (nSPS) is 11.8. The highest BCUT2D eigenvalue weighted by atomic mass is 32.2. The van der Waals surface area contributed by atoms with Crippen LogP contribution in [0, 0.1) is 13.8 Å². The van der Waals surface area contributed by atoms with Crippen molar-refractivity contribution in [2.24, 2.45) is 0 Å². The molecule has 0 fully saturated rings. The Morgan fingerprint density at radius 2 is 1.57 bits per heavy atom. The highest BCUT2D eigenvalue weighted by Crippen LogP contribution is 2.30. The molecule has 3 rings (SSSR count). The van der Waals surface area contributed by atoms with Crippen LogP contribution in [0.2, 0.25) is 0 Å². The zero-order valence-electron chi connectivity index (χ0n) is 16.1. The van der Waals surface area contributed by atoms with Gasteiger partial charge in [-0.2, -0.15) is 0 Å². The maximum absolute atomic E-state index is 13.4. The molecule has 1 aromatic heterocycles. The van der Waals surface area contributed by atoms with Crippen molar-refractivity contribution in [3.05, 3.63) is 65.4 Å². The minimum atomic E-state index is -4.11. The first-order chi connectivity index (χ1) is 13.1. The van der Waals surface area contributed by atoms with Gasteiger partial charge in [-0.15, -0.1) is 0 Å². The van der Waals surface area contributed by atoms with Crippen LogP contribution in [0.4, 0.5) is 0 Å². The van der Waals surface area contributed by atoms with Gasteiger partial charge in [-0.3, -0.25) is 4.79 Å². The number of ketones is 1. The largest absolute Gasteiger partial charge is 0.457 e. The summed E-state index contributed by atoms with van der Waals surface area (Å²) in [6, 6.07) is 13.1. The molecule has 1 heterocycles. The fourth-order valence-corrected chi connectivity index (χ4v) is 4.63. The number of nitrogens with zero attached hydrogens (tertiary/aromatic N) is 1. The molecule has 0 aliphatic carbocycles. The third-order valence-corrected chi connectivity index (χ3v) is 6.12. The number of hydrogen-bond donors (Lipinski definition) is 0. The van der Waals surface area contributed by atoms with Crippen LogP contribution in [0.3, 0.4) is 0 Å². The first kappa shape index (κ1) is 19.8. The van der Waals surface area contributed by atoms with Crippen LogP contribution in [-0.4, -0.2) is 30.2 Å². The van der Waals surface area contributed by atoms with Gasteiger partial charge in [-0.05, 0) is 51.5 Å². The molecule has 0 saturated carbocycles. The second-order valence-electron chi connectivity index (χ2n) is 6.86. The van der Waals surface area contributed by atoms with Crippen LogP contribution in [0.25, 0.3) is 10.9 Å². The molecule has 0 radical (unpaired) electrons. The number of carbonyl (C=O) groups is 2. The number of para-hydroxylation sites is 1. The highest BCUT2D eigenvalue weighted by Gasteiger charge is 2.33. The molecule has 7 heteroatoms. The third-order valence-electron chi connectivity index (χ3n) is 4.39. The van der Waals surface area contributed by atoms with E-state index in [0.717, 1.165) is 9.54 Å². The molecule has 0 aliphatic heterocycles. The Bertz CT molecular complexity index is 1170. The topological polar surface area (TPSA) is 82.4 Å². The maximum Gasteiger partial charge on any atom is 0.381 e. The lowest BCUT2D eigenvalue weighted by Gasteiger charge is -2.13. The van der Waals surface area contributed by atoms with Crippen molar-refractivity contribution in [2.45, 2.75) is 38.7 Å². The van der Waals surface area contributed by atoms with Crippen molar-refractivity contribution in [1.82, 2.24) is 3.97 Å². The van der Waals surface area contributed by atoms with Crippen molar-refractivity contribution in [2.75, 3.05) is 0 Å². The lowest BCUT2D eigenvalue weighted by molar-refractivity contribution is -0.141. The Morgan fingerprint density at radius 1 is 0.964 bits per heavy atom. The van der Waals surface area contributed by atoms with E-state index in [4.69, 9.17) is 4.74 Å². The van der Waals surface area contributed by atoms with E-state index < -0.39 is 27.9 Å². The van der Waals surface area contributed by atoms with E-state index in [0.29, 0.717) is 16.5 Å².